The van der Waals surface area contributed by atoms with Crippen LogP contribution in [-0.4, -0.2) is 32.7 Å². The van der Waals surface area contributed by atoms with E-state index in [1.807, 2.05) is 4.90 Å². The highest BCUT2D eigenvalue weighted by atomic mass is 35.5. The summed E-state index contributed by atoms with van der Waals surface area (Å²) < 4.78 is 106. The molecule has 202 valence electrons. The Kier molecular flexibility index (Phi) is 7.66. The lowest BCUT2D eigenvalue weighted by molar-refractivity contribution is -0.143. The summed E-state index contributed by atoms with van der Waals surface area (Å²) in [4.78, 5) is 1.31. The van der Waals surface area contributed by atoms with Crippen molar-refractivity contribution in [2.45, 2.75) is 18.4 Å². The maximum atomic E-state index is 13.4. The average molecular weight is 594 g/mol. The largest absolute Gasteiger partial charge is 0.416 e. The zero-order valence-electron chi connectivity index (χ0n) is 19.5. The Hall–Kier alpha value is -2.53. The minimum absolute atomic E-state index is 0.00405. The first-order valence-electron chi connectivity index (χ1n) is 11.0. The predicted molar refractivity (Wildman–Crippen MR) is 135 cm³/mol. The van der Waals surface area contributed by atoms with Gasteiger partial charge in [-0.3, -0.25) is 4.90 Å². The molecule has 3 nitrogen and oxygen atoms in total. The average Bonchev–Trinajstić information content (AvgIpc) is 2.77. The van der Waals surface area contributed by atoms with Crippen molar-refractivity contribution in [1.82, 2.24) is 4.90 Å². The molecule has 0 unspecified atom stereocenters. The molecule has 1 aliphatic rings. The minimum atomic E-state index is -5.11. The van der Waals surface area contributed by atoms with Gasteiger partial charge in [0.1, 0.15) is 0 Å². The van der Waals surface area contributed by atoms with E-state index >= 15 is 0 Å². The number of sulfone groups is 1. The van der Waals surface area contributed by atoms with Gasteiger partial charge < -0.3 is 0 Å². The van der Waals surface area contributed by atoms with E-state index in [1.54, 1.807) is 48.5 Å². The lowest BCUT2D eigenvalue weighted by atomic mass is 9.92. The third-order valence-electron chi connectivity index (χ3n) is 6.07. The van der Waals surface area contributed by atoms with Crippen LogP contribution >= 0.6 is 23.2 Å². The van der Waals surface area contributed by atoms with E-state index in [0.717, 1.165) is 17.4 Å². The maximum absolute atomic E-state index is 13.4. The quantitative estimate of drug-likeness (QED) is 0.282. The Morgan fingerprint density at radius 3 is 1.50 bits per heavy atom. The highest BCUT2D eigenvalue weighted by molar-refractivity contribution is 8.00. The SMILES string of the molecule is CS(=O)(=O)C(=C1CN(C(c2ccc(Cl)cc2)c2ccc(Cl)cc2)C1)c1cc(C(F)(F)F)cc(C(F)(F)F)c1. The van der Waals surface area contributed by atoms with Gasteiger partial charge >= 0.3 is 12.4 Å². The molecule has 0 radical (unpaired) electrons. The molecule has 1 saturated heterocycles. The molecule has 0 aromatic heterocycles. The number of halogens is 8. The lowest BCUT2D eigenvalue weighted by Crippen LogP contribution is -2.44. The number of nitrogens with zero attached hydrogens (tertiary/aromatic N) is 1. The number of alkyl halides is 6. The third kappa shape index (κ3) is 6.20. The highest BCUT2D eigenvalue weighted by Gasteiger charge is 2.39. The standard InChI is InChI=1S/C26H19Cl2F6NO2S/c1-38(36,37)24(17-10-19(25(29,30)31)12-20(11-17)26(32,33)34)18-13-35(14-18)23(15-2-6-21(27)7-3-15)16-4-8-22(28)9-5-16/h2-12,23H,13-14H2,1H3. The van der Waals surface area contributed by atoms with Gasteiger partial charge in [0.05, 0.1) is 22.1 Å². The van der Waals surface area contributed by atoms with Gasteiger partial charge in [-0.05, 0) is 64.7 Å². The Balaban J connectivity index is 1.80. The van der Waals surface area contributed by atoms with E-state index in [9.17, 15) is 34.8 Å². The van der Waals surface area contributed by atoms with Crippen molar-refractivity contribution >= 4 is 37.9 Å². The molecule has 1 heterocycles. The molecule has 3 aromatic carbocycles. The van der Waals surface area contributed by atoms with E-state index in [2.05, 4.69) is 0 Å². The summed E-state index contributed by atoms with van der Waals surface area (Å²) in [5, 5.41) is 0.995. The topological polar surface area (TPSA) is 37.4 Å². The van der Waals surface area contributed by atoms with Gasteiger partial charge in [-0.25, -0.2) is 8.42 Å². The van der Waals surface area contributed by atoms with Crippen LogP contribution in [0.3, 0.4) is 0 Å². The van der Waals surface area contributed by atoms with Crippen molar-refractivity contribution in [3.63, 3.8) is 0 Å². The molecule has 0 bridgehead atoms. The summed E-state index contributed by atoms with van der Waals surface area (Å²) in [6.45, 7) is -0.00810. The molecule has 0 aliphatic carbocycles. The zero-order valence-corrected chi connectivity index (χ0v) is 21.9. The molecular weight excluding hydrogens is 575 g/mol. The number of rotatable bonds is 5. The van der Waals surface area contributed by atoms with E-state index < -0.39 is 49.8 Å². The number of benzene rings is 3. The van der Waals surface area contributed by atoms with Crippen LogP contribution in [0.4, 0.5) is 26.3 Å². The van der Waals surface area contributed by atoms with E-state index in [1.165, 1.54) is 0 Å². The molecular formula is C26H19Cl2F6NO2S. The van der Waals surface area contributed by atoms with Crippen molar-refractivity contribution < 1.29 is 34.8 Å². The van der Waals surface area contributed by atoms with Gasteiger partial charge in [0.2, 0.25) is 0 Å². The summed E-state index contributed by atoms with van der Waals surface area (Å²) in [6, 6.07) is 14.3. The van der Waals surface area contributed by atoms with E-state index in [0.29, 0.717) is 22.2 Å². The van der Waals surface area contributed by atoms with Crippen LogP contribution in [0.5, 0.6) is 0 Å². The fourth-order valence-corrected chi connectivity index (χ4v) is 5.89. The minimum Gasteiger partial charge on any atom is -0.284 e. The summed E-state index contributed by atoms with van der Waals surface area (Å²) in [5.74, 6) is 0. The fourth-order valence-electron chi connectivity index (χ4n) is 4.44. The summed E-state index contributed by atoms with van der Waals surface area (Å²) in [6.07, 6.45) is -9.45. The second kappa shape index (κ2) is 10.2. The summed E-state index contributed by atoms with van der Waals surface area (Å²) >= 11 is 12.0. The monoisotopic (exact) mass is 593 g/mol. The van der Waals surface area contributed by atoms with Gasteiger partial charge in [0.15, 0.2) is 9.84 Å². The molecule has 4 rings (SSSR count). The van der Waals surface area contributed by atoms with Crippen LogP contribution in [0.1, 0.15) is 33.9 Å². The van der Waals surface area contributed by atoms with Gasteiger partial charge in [-0.1, -0.05) is 47.5 Å². The first-order chi connectivity index (χ1) is 17.5. The van der Waals surface area contributed by atoms with Crippen molar-refractivity contribution in [2.24, 2.45) is 0 Å². The molecule has 3 aromatic rings. The fraction of sp³-hybridized carbons (Fsp3) is 0.231. The van der Waals surface area contributed by atoms with Crippen molar-refractivity contribution in [3.05, 3.63) is 110 Å². The molecule has 0 spiro atoms. The van der Waals surface area contributed by atoms with Crippen LogP contribution in [0.15, 0.2) is 72.3 Å². The second-order valence-corrected chi connectivity index (χ2v) is 11.7. The van der Waals surface area contributed by atoms with E-state index in [-0.39, 0.29) is 24.7 Å². The smallest absolute Gasteiger partial charge is 0.284 e. The molecule has 0 N–H and O–H groups in total. The highest BCUT2D eigenvalue weighted by Crippen LogP contribution is 2.42. The molecule has 0 amide bonds. The molecule has 1 fully saturated rings. The summed E-state index contributed by atoms with van der Waals surface area (Å²) in [7, 11) is -4.21. The number of hydrogen-bond donors (Lipinski definition) is 0. The molecule has 38 heavy (non-hydrogen) atoms. The maximum Gasteiger partial charge on any atom is 0.416 e. The van der Waals surface area contributed by atoms with Crippen LogP contribution < -0.4 is 0 Å². The Morgan fingerprint density at radius 1 is 0.763 bits per heavy atom. The van der Waals surface area contributed by atoms with Crippen LogP contribution in [0.25, 0.3) is 4.91 Å². The summed E-state index contributed by atoms with van der Waals surface area (Å²) in [5.41, 5.74) is -2.02. The number of hydrogen-bond acceptors (Lipinski definition) is 3. The molecule has 0 saturated carbocycles. The third-order valence-corrected chi connectivity index (χ3v) is 7.84. The van der Waals surface area contributed by atoms with Crippen LogP contribution in [0.2, 0.25) is 10.0 Å². The first kappa shape index (κ1) is 28.5. The Labute approximate surface area is 225 Å². The van der Waals surface area contributed by atoms with Gasteiger partial charge in [0.25, 0.3) is 0 Å². The molecule has 0 atom stereocenters. The van der Waals surface area contributed by atoms with Crippen molar-refractivity contribution in [3.8, 4) is 0 Å². The molecule has 12 heteroatoms. The van der Waals surface area contributed by atoms with Crippen molar-refractivity contribution in [1.29, 1.82) is 0 Å². The second-order valence-electron chi connectivity index (χ2n) is 8.91. The Bertz CT molecular complexity index is 1400. The lowest BCUT2D eigenvalue weighted by Gasteiger charge is -2.42. The van der Waals surface area contributed by atoms with Crippen LogP contribution in [-0.2, 0) is 22.2 Å². The first-order valence-corrected chi connectivity index (χ1v) is 13.7. The van der Waals surface area contributed by atoms with Gasteiger partial charge in [-0.15, -0.1) is 0 Å². The van der Waals surface area contributed by atoms with E-state index in [4.69, 9.17) is 23.2 Å². The molecule has 1 aliphatic heterocycles. The van der Waals surface area contributed by atoms with Gasteiger partial charge in [-0.2, -0.15) is 26.3 Å². The van der Waals surface area contributed by atoms with Crippen molar-refractivity contribution in [2.75, 3.05) is 19.3 Å². The Morgan fingerprint density at radius 2 is 1.16 bits per heavy atom. The number of likely N-dealkylation sites (tertiary alicyclic amines) is 1. The zero-order chi connectivity index (χ0) is 28.0. The normalized spacial score (nSPS) is 15.1. The van der Waals surface area contributed by atoms with Crippen LogP contribution in [0, 0.1) is 0 Å². The predicted octanol–water partition coefficient (Wildman–Crippen LogP) is 7.89. The van der Waals surface area contributed by atoms with Gasteiger partial charge in [0, 0.05) is 29.4 Å².